The lowest BCUT2D eigenvalue weighted by atomic mass is 9.85. The summed E-state index contributed by atoms with van der Waals surface area (Å²) in [5.74, 6) is -0.462. The molecule has 132 valence electrons. The number of carboxylic acids is 1. The highest BCUT2D eigenvalue weighted by Gasteiger charge is 2.17. The molecular formula is C23H22O3. The summed E-state index contributed by atoms with van der Waals surface area (Å²) in [4.78, 5) is 11.1. The highest BCUT2D eigenvalue weighted by atomic mass is 16.4. The van der Waals surface area contributed by atoms with E-state index in [1.54, 1.807) is 12.1 Å². The first-order valence-electron chi connectivity index (χ1n) is 8.63. The zero-order valence-corrected chi connectivity index (χ0v) is 14.9. The van der Waals surface area contributed by atoms with Crippen LogP contribution in [0.15, 0.2) is 66.7 Å². The molecule has 0 heterocycles. The summed E-state index contributed by atoms with van der Waals surface area (Å²) in [6, 6.07) is 21.3. The zero-order valence-electron chi connectivity index (χ0n) is 14.9. The summed E-state index contributed by atoms with van der Waals surface area (Å²) in [7, 11) is 0. The Morgan fingerprint density at radius 1 is 0.885 bits per heavy atom. The SMILES string of the molecule is Cc1cc(CC(c2ccccc2)c2ccc(C(=O)O)cc2)cc(C)c1O. The number of aromatic carboxylic acids is 1. The van der Waals surface area contributed by atoms with Gasteiger partial charge in [0.15, 0.2) is 0 Å². The third-order valence-corrected chi connectivity index (χ3v) is 4.75. The Bertz CT molecular complexity index is 889. The molecule has 0 radical (unpaired) electrons. The topological polar surface area (TPSA) is 57.5 Å². The minimum absolute atomic E-state index is 0.113. The molecule has 0 fully saturated rings. The molecule has 0 amide bonds. The number of benzene rings is 3. The normalized spacial score (nSPS) is 11.9. The number of phenolic OH excluding ortho intramolecular Hbond substituents is 1. The van der Waals surface area contributed by atoms with Crippen molar-refractivity contribution in [1.82, 2.24) is 0 Å². The largest absolute Gasteiger partial charge is 0.507 e. The average Bonchev–Trinajstić information content (AvgIpc) is 2.65. The van der Waals surface area contributed by atoms with Gasteiger partial charge in [-0.05, 0) is 60.2 Å². The van der Waals surface area contributed by atoms with Crippen molar-refractivity contribution < 1.29 is 15.0 Å². The fourth-order valence-electron chi connectivity index (χ4n) is 3.37. The molecule has 0 aliphatic carbocycles. The summed E-state index contributed by atoms with van der Waals surface area (Å²) in [6.45, 7) is 3.82. The number of aromatic hydroxyl groups is 1. The fourth-order valence-corrected chi connectivity index (χ4v) is 3.37. The molecule has 1 atom stereocenters. The second-order valence-corrected chi connectivity index (χ2v) is 6.67. The van der Waals surface area contributed by atoms with Gasteiger partial charge in [0, 0.05) is 5.92 Å². The maximum absolute atomic E-state index is 11.1. The van der Waals surface area contributed by atoms with Crippen molar-refractivity contribution >= 4 is 5.97 Å². The van der Waals surface area contributed by atoms with Crippen molar-refractivity contribution in [3.63, 3.8) is 0 Å². The predicted octanol–water partition coefficient (Wildman–Crippen LogP) is 5.08. The van der Waals surface area contributed by atoms with E-state index in [-0.39, 0.29) is 11.5 Å². The van der Waals surface area contributed by atoms with Gasteiger partial charge in [-0.2, -0.15) is 0 Å². The van der Waals surface area contributed by atoms with Gasteiger partial charge in [-0.3, -0.25) is 0 Å². The quantitative estimate of drug-likeness (QED) is 0.677. The van der Waals surface area contributed by atoms with Crippen LogP contribution in [0.25, 0.3) is 0 Å². The molecule has 0 aliphatic heterocycles. The number of carboxylic acid groups (broad SMARTS) is 1. The van der Waals surface area contributed by atoms with E-state index < -0.39 is 5.97 Å². The van der Waals surface area contributed by atoms with E-state index in [1.165, 1.54) is 5.56 Å². The molecule has 1 unspecified atom stereocenters. The van der Waals surface area contributed by atoms with Gasteiger partial charge in [0.25, 0.3) is 0 Å². The molecule has 0 bridgehead atoms. The molecule has 3 nitrogen and oxygen atoms in total. The third kappa shape index (κ3) is 3.77. The van der Waals surface area contributed by atoms with Crippen LogP contribution < -0.4 is 0 Å². The van der Waals surface area contributed by atoms with Gasteiger partial charge in [-0.25, -0.2) is 4.79 Å². The molecule has 2 N–H and O–H groups in total. The highest BCUT2D eigenvalue weighted by Crippen LogP contribution is 2.31. The number of aryl methyl sites for hydroxylation is 2. The lowest BCUT2D eigenvalue weighted by Gasteiger charge is -2.19. The molecule has 26 heavy (non-hydrogen) atoms. The minimum Gasteiger partial charge on any atom is -0.507 e. The minimum atomic E-state index is -0.919. The van der Waals surface area contributed by atoms with Crippen LogP contribution >= 0.6 is 0 Å². The Hall–Kier alpha value is -3.07. The summed E-state index contributed by atoms with van der Waals surface area (Å²) >= 11 is 0. The van der Waals surface area contributed by atoms with Crippen LogP contribution in [0.1, 0.15) is 44.1 Å². The molecule has 3 rings (SSSR count). The second kappa shape index (κ2) is 7.44. The Morgan fingerprint density at radius 3 is 1.96 bits per heavy atom. The monoisotopic (exact) mass is 346 g/mol. The molecule has 0 saturated carbocycles. The molecule has 0 aliphatic rings. The van der Waals surface area contributed by atoms with E-state index in [0.717, 1.165) is 28.7 Å². The molecule has 3 aromatic carbocycles. The lowest BCUT2D eigenvalue weighted by molar-refractivity contribution is 0.0697. The van der Waals surface area contributed by atoms with E-state index >= 15 is 0 Å². The van der Waals surface area contributed by atoms with Crippen LogP contribution in [0.5, 0.6) is 5.75 Å². The van der Waals surface area contributed by atoms with Crippen LogP contribution in [0.4, 0.5) is 0 Å². The van der Waals surface area contributed by atoms with Gasteiger partial charge in [-0.1, -0.05) is 54.6 Å². The van der Waals surface area contributed by atoms with Crippen LogP contribution in [-0.2, 0) is 6.42 Å². The van der Waals surface area contributed by atoms with Gasteiger partial charge < -0.3 is 10.2 Å². The number of rotatable bonds is 5. The Balaban J connectivity index is 2.00. The summed E-state index contributed by atoms with van der Waals surface area (Å²) in [5.41, 5.74) is 5.43. The van der Waals surface area contributed by atoms with Crippen LogP contribution in [0, 0.1) is 13.8 Å². The van der Waals surface area contributed by atoms with Crippen LogP contribution in [0.3, 0.4) is 0 Å². The fraction of sp³-hybridized carbons (Fsp3) is 0.174. The van der Waals surface area contributed by atoms with E-state index in [9.17, 15) is 9.90 Å². The first-order valence-corrected chi connectivity index (χ1v) is 8.63. The summed E-state index contributed by atoms with van der Waals surface area (Å²) in [5, 5.41) is 19.2. The van der Waals surface area contributed by atoms with E-state index in [0.29, 0.717) is 5.75 Å². The van der Waals surface area contributed by atoms with Gasteiger partial charge in [-0.15, -0.1) is 0 Å². The zero-order chi connectivity index (χ0) is 18.7. The standard InChI is InChI=1S/C23H22O3/c1-15-12-17(13-16(2)22(15)24)14-21(18-6-4-3-5-7-18)19-8-10-20(11-9-19)23(25)26/h3-13,21,24H,14H2,1-2H3,(H,25,26). The van der Waals surface area contributed by atoms with E-state index in [1.807, 2.05) is 56.3 Å². The molecule has 0 aromatic heterocycles. The Kier molecular flexibility index (Phi) is 5.08. The predicted molar refractivity (Wildman–Crippen MR) is 103 cm³/mol. The molecule has 3 aromatic rings. The molecule has 0 spiro atoms. The third-order valence-electron chi connectivity index (χ3n) is 4.75. The maximum atomic E-state index is 11.1. The second-order valence-electron chi connectivity index (χ2n) is 6.67. The van der Waals surface area contributed by atoms with Gasteiger partial charge in [0.1, 0.15) is 5.75 Å². The molecule has 0 saturated heterocycles. The van der Waals surface area contributed by atoms with E-state index in [2.05, 4.69) is 12.1 Å². The smallest absolute Gasteiger partial charge is 0.335 e. The van der Waals surface area contributed by atoms with Crippen molar-refractivity contribution in [2.75, 3.05) is 0 Å². The number of carbonyl (C=O) groups is 1. The maximum Gasteiger partial charge on any atom is 0.335 e. The molecular weight excluding hydrogens is 324 g/mol. The molecule has 3 heteroatoms. The summed E-state index contributed by atoms with van der Waals surface area (Å²) < 4.78 is 0. The van der Waals surface area contributed by atoms with Gasteiger partial charge in [0.05, 0.1) is 5.56 Å². The van der Waals surface area contributed by atoms with Crippen molar-refractivity contribution in [3.8, 4) is 5.75 Å². The highest BCUT2D eigenvalue weighted by molar-refractivity contribution is 5.87. The van der Waals surface area contributed by atoms with Gasteiger partial charge in [0.2, 0.25) is 0 Å². The summed E-state index contributed by atoms with van der Waals surface area (Å²) in [6.07, 6.45) is 0.776. The van der Waals surface area contributed by atoms with E-state index in [4.69, 9.17) is 5.11 Å². The average molecular weight is 346 g/mol. The first kappa shape index (κ1) is 17.7. The Labute approximate surface area is 153 Å². The Morgan fingerprint density at radius 2 is 1.42 bits per heavy atom. The van der Waals surface area contributed by atoms with Crippen molar-refractivity contribution in [2.45, 2.75) is 26.2 Å². The number of phenols is 1. The van der Waals surface area contributed by atoms with Crippen LogP contribution in [0.2, 0.25) is 0 Å². The van der Waals surface area contributed by atoms with Gasteiger partial charge >= 0.3 is 5.97 Å². The lowest BCUT2D eigenvalue weighted by Crippen LogP contribution is -2.06. The number of hydrogen-bond donors (Lipinski definition) is 2. The number of hydrogen-bond acceptors (Lipinski definition) is 2. The van der Waals surface area contributed by atoms with Crippen molar-refractivity contribution in [3.05, 3.63) is 100 Å². The van der Waals surface area contributed by atoms with Crippen LogP contribution in [-0.4, -0.2) is 16.2 Å². The van der Waals surface area contributed by atoms with Crippen molar-refractivity contribution in [2.24, 2.45) is 0 Å². The van der Waals surface area contributed by atoms with Crippen molar-refractivity contribution in [1.29, 1.82) is 0 Å². The first-order chi connectivity index (χ1) is 12.5.